The smallest absolute Gasteiger partial charge is 0.240 e. The van der Waals surface area contributed by atoms with Crippen molar-refractivity contribution in [1.82, 2.24) is 19.3 Å². The summed E-state index contributed by atoms with van der Waals surface area (Å²) in [6, 6.07) is 12.3. The molecule has 0 bridgehead atoms. The normalized spacial score (nSPS) is 21.5. The fourth-order valence-electron chi connectivity index (χ4n) is 4.68. The standard InChI is InChI=1S/C23H23FN4O4S/c24-13-32-15-8-10-16(11-9-15)33(30,31)27-19-5-3-7-21(22(19)29)28-20-6-2-1-4-17(20)18-12-25-14-26-23(18)28/h1-2,4,6,8-12,14,19,21-22,27,29H,3,5,7,13H2/t19-,21+,22+/m0/s1. The number of para-hydroxylation sites is 1. The van der Waals surface area contributed by atoms with E-state index < -0.39 is 29.0 Å². The summed E-state index contributed by atoms with van der Waals surface area (Å²) in [6.07, 6.45) is 4.20. The monoisotopic (exact) mass is 470 g/mol. The lowest BCUT2D eigenvalue weighted by molar-refractivity contribution is 0.0544. The molecule has 0 radical (unpaired) electrons. The summed E-state index contributed by atoms with van der Waals surface area (Å²) < 4.78 is 47.7. The van der Waals surface area contributed by atoms with Crippen LogP contribution >= 0.6 is 0 Å². The van der Waals surface area contributed by atoms with Crippen LogP contribution in [-0.2, 0) is 10.0 Å². The van der Waals surface area contributed by atoms with Crippen LogP contribution in [0.15, 0.2) is 66.0 Å². The Morgan fingerprint density at radius 1 is 1.12 bits per heavy atom. The topological polar surface area (TPSA) is 106 Å². The summed E-state index contributed by atoms with van der Waals surface area (Å²) in [5, 5.41) is 13.2. The van der Waals surface area contributed by atoms with Gasteiger partial charge in [-0.2, -0.15) is 0 Å². The first-order chi connectivity index (χ1) is 16.0. The van der Waals surface area contributed by atoms with Crippen molar-refractivity contribution in [3.8, 4) is 5.75 Å². The molecule has 2 aromatic heterocycles. The summed E-state index contributed by atoms with van der Waals surface area (Å²) >= 11 is 0. The average molecular weight is 471 g/mol. The number of alkyl halides is 1. The molecule has 2 N–H and O–H groups in total. The van der Waals surface area contributed by atoms with Gasteiger partial charge < -0.3 is 14.4 Å². The second-order valence-electron chi connectivity index (χ2n) is 8.09. The van der Waals surface area contributed by atoms with E-state index in [0.717, 1.165) is 22.7 Å². The third-order valence-corrected chi connectivity index (χ3v) is 7.69. The fourth-order valence-corrected chi connectivity index (χ4v) is 5.97. The van der Waals surface area contributed by atoms with E-state index in [1.54, 1.807) is 6.20 Å². The van der Waals surface area contributed by atoms with E-state index in [-0.39, 0.29) is 16.7 Å². The van der Waals surface area contributed by atoms with Crippen LogP contribution < -0.4 is 9.46 Å². The van der Waals surface area contributed by atoms with Crippen molar-refractivity contribution >= 4 is 32.0 Å². The molecular weight excluding hydrogens is 447 g/mol. The molecule has 33 heavy (non-hydrogen) atoms. The predicted molar refractivity (Wildman–Crippen MR) is 121 cm³/mol. The molecule has 10 heteroatoms. The molecule has 0 unspecified atom stereocenters. The van der Waals surface area contributed by atoms with Gasteiger partial charge in [0.1, 0.15) is 17.7 Å². The highest BCUT2D eigenvalue weighted by Gasteiger charge is 2.37. The van der Waals surface area contributed by atoms with Crippen molar-refractivity contribution in [2.75, 3.05) is 6.86 Å². The molecule has 1 aliphatic carbocycles. The zero-order valence-corrected chi connectivity index (χ0v) is 18.5. The number of hydrogen-bond donors (Lipinski definition) is 2. The molecule has 3 atom stereocenters. The lowest BCUT2D eigenvalue weighted by atomic mass is 9.88. The fraction of sp³-hybridized carbons (Fsp3) is 0.304. The molecule has 1 fully saturated rings. The zero-order chi connectivity index (χ0) is 23.0. The maximum atomic E-state index is 13.0. The van der Waals surface area contributed by atoms with E-state index in [2.05, 4.69) is 14.7 Å². The number of halogens is 1. The highest BCUT2D eigenvalue weighted by Crippen LogP contribution is 2.37. The number of aromatic nitrogens is 3. The molecule has 4 aromatic rings. The maximum absolute atomic E-state index is 13.0. The van der Waals surface area contributed by atoms with Crippen molar-refractivity contribution in [3.05, 3.63) is 61.1 Å². The minimum absolute atomic E-state index is 0.0210. The van der Waals surface area contributed by atoms with Crippen molar-refractivity contribution in [3.63, 3.8) is 0 Å². The van der Waals surface area contributed by atoms with Crippen LogP contribution in [0.5, 0.6) is 5.75 Å². The van der Waals surface area contributed by atoms with Gasteiger partial charge in [-0.25, -0.2) is 27.5 Å². The first-order valence-corrected chi connectivity index (χ1v) is 12.2. The number of aliphatic hydroxyl groups is 1. The Morgan fingerprint density at radius 2 is 1.91 bits per heavy atom. The van der Waals surface area contributed by atoms with E-state index in [0.29, 0.717) is 18.5 Å². The molecule has 0 amide bonds. The molecule has 0 spiro atoms. The SMILES string of the molecule is O=S(=O)(N[C@H]1CCC[C@@H](n2c3ccccc3c3cncnc32)[C@@H]1O)c1ccc(OCF)cc1. The Kier molecular flexibility index (Phi) is 5.73. The molecule has 5 rings (SSSR count). The van der Waals surface area contributed by atoms with Crippen LogP contribution in [0.2, 0.25) is 0 Å². The van der Waals surface area contributed by atoms with E-state index >= 15 is 0 Å². The lowest BCUT2D eigenvalue weighted by Gasteiger charge is -2.36. The molecule has 1 saturated carbocycles. The van der Waals surface area contributed by atoms with Gasteiger partial charge in [0.05, 0.1) is 28.6 Å². The second kappa shape index (κ2) is 8.69. The largest absolute Gasteiger partial charge is 0.463 e. The predicted octanol–water partition coefficient (Wildman–Crippen LogP) is 3.32. The highest BCUT2D eigenvalue weighted by molar-refractivity contribution is 7.89. The van der Waals surface area contributed by atoms with Gasteiger partial charge in [-0.3, -0.25) is 0 Å². The third-order valence-electron chi connectivity index (χ3n) is 6.19. The summed E-state index contributed by atoms with van der Waals surface area (Å²) in [5.41, 5.74) is 1.63. The van der Waals surface area contributed by atoms with Crippen LogP contribution in [0, 0.1) is 0 Å². The number of rotatable bonds is 6. The number of fused-ring (bicyclic) bond motifs is 3. The number of ether oxygens (including phenoxy) is 1. The Morgan fingerprint density at radius 3 is 2.70 bits per heavy atom. The van der Waals surface area contributed by atoms with E-state index in [1.165, 1.54) is 30.6 Å². The minimum atomic E-state index is -3.90. The van der Waals surface area contributed by atoms with Crippen LogP contribution in [0.1, 0.15) is 25.3 Å². The lowest BCUT2D eigenvalue weighted by Crippen LogP contribution is -2.49. The van der Waals surface area contributed by atoms with Crippen molar-refractivity contribution in [1.29, 1.82) is 0 Å². The quantitative estimate of drug-likeness (QED) is 0.448. The maximum Gasteiger partial charge on any atom is 0.240 e. The average Bonchev–Trinajstić information content (AvgIpc) is 3.15. The summed E-state index contributed by atoms with van der Waals surface area (Å²) in [4.78, 5) is 8.63. The Labute approximate surface area is 190 Å². The number of sulfonamides is 1. The molecule has 0 saturated heterocycles. The summed E-state index contributed by atoms with van der Waals surface area (Å²) in [7, 11) is -3.90. The van der Waals surface area contributed by atoms with Gasteiger partial charge in [0.15, 0.2) is 0 Å². The second-order valence-corrected chi connectivity index (χ2v) is 9.80. The zero-order valence-electron chi connectivity index (χ0n) is 17.6. The van der Waals surface area contributed by atoms with Gasteiger partial charge in [-0.05, 0) is 49.6 Å². The van der Waals surface area contributed by atoms with Gasteiger partial charge in [0.2, 0.25) is 16.9 Å². The molecule has 2 heterocycles. The first kappa shape index (κ1) is 21.7. The molecule has 172 valence electrons. The Bertz CT molecular complexity index is 1340. The number of nitrogens with zero attached hydrogens (tertiary/aromatic N) is 3. The van der Waals surface area contributed by atoms with Crippen LogP contribution in [0.25, 0.3) is 21.9 Å². The summed E-state index contributed by atoms with van der Waals surface area (Å²) in [5.74, 6) is 0.238. The highest BCUT2D eigenvalue weighted by atomic mass is 32.2. The van der Waals surface area contributed by atoms with Crippen molar-refractivity contribution in [2.45, 2.75) is 42.3 Å². The van der Waals surface area contributed by atoms with Gasteiger partial charge >= 0.3 is 0 Å². The number of aliphatic hydroxyl groups excluding tert-OH is 1. The van der Waals surface area contributed by atoms with Gasteiger partial charge in [0.25, 0.3) is 0 Å². The van der Waals surface area contributed by atoms with Crippen LogP contribution in [-0.4, -0.2) is 47.1 Å². The number of hydrogen-bond acceptors (Lipinski definition) is 6. The third kappa shape index (κ3) is 3.94. The van der Waals surface area contributed by atoms with E-state index in [4.69, 9.17) is 4.74 Å². The van der Waals surface area contributed by atoms with Gasteiger partial charge in [-0.15, -0.1) is 0 Å². The summed E-state index contributed by atoms with van der Waals surface area (Å²) in [6.45, 7) is -0.992. The molecule has 8 nitrogen and oxygen atoms in total. The minimum Gasteiger partial charge on any atom is -0.463 e. The van der Waals surface area contributed by atoms with Crippen LogP contribution in [0.4, 0.5) is 4.39 Å². The van der Waals surface area contributed by atoms with Gasteiger partial charge in [0, 0.05) is 17.0 Å². The van der Waals surface area contributed by atoms with Gasteiger partial charge in [-0.1, -0.05) is 18.2 Å². The number of benzene rings is 2. The van der Waals surface area contributed by atoms with E-state index in [9.17, 15) is 17.9 Å². The Hall–Kier alpha value is -3.08. The molecular formula is C23H23FN4O4S. The first-order valence-electron chi connectivity index (χ1n) is 10.7. The van der Waals surface area contributed by atoms with Crippen LogP contribution in [0.3, 0.4) is 0 Å². The molecule has 0 aliphatic heterocycles. The van der Waals surface area contributed by atoms with E-state index in [1.807, 2.05) is 28.8 Å². The molecule has 1 aliphatic rings. The van der Waals surface area contributed by atoms with Crippen molar-refractivity contribution < 1.29 is 22.7 Å². The number of nitrogens with one attached hydrogen (secondary N) is 1. The molecule has 2 aromatic carbocycles. The van der Waals surface area contributed by atoms with Crippen molar-refractivity contribution in [2.24, 2.45) is 0 Å². The Balaban J connectivity index is 1.46.